The smallest absolute Gasteiger partial charge is 0.444 e. The lowest BCUT2D eigenvalue weighted by Gasteiger charge is -2.29. The number of carbonyl (C=O) groups excluding carboxylic acids is 1. The number of hydrogen-bond donors (Lipinski definition) is 2. The molecule has 1 aromatic carbocycles. The third-order valence-corrected chi connectivity index (χ3v) is 3.50. The normalized spacial score (nSPS) is 18.7. The van der Waals surface area contributed by atoms with Gasteiger partial charge in [-0.2, -0.15) is 0 Å². The van der Waals surface area contributed by atoms with E-state index in [0.717, 1.165) is 18.4 Å². The highest BCUT2D eigenvalue weighted by atomic mass is 16.6. The van der Waals surface area contributed by atoms with Crippen molar-refractivity contribution in [3.05, 3.63) is 29.8 Å². The number of amides is 1. The summed E-state index contributed by atoms with van der Waals surface area (Å²) >= 11 is 0. The zero-order valence-electron chi connectivity index (χ0n) is 12.7. The summed E-state index contributed by atoms with van der Waals surface area (Å²) in [6, 6.07) is 7.01. The van der Waals surface area contributed by atoms with Crippen LogP contribution in [0.15, 0.2) is 24.3 Å². The van der Waals surface area contributed by atoms with Crippen LogP contribution in [0, 0.1) is 0 Å². The SMILES string of the molecule is CC(C)(C)OC(=O)N1CCCC1c1ccc(B(O)O)cc1. The number of likely N-dealkylation sites (tertiary alicyclic amines) is 1. The Kier molecular flexibility index (Phi) is 4.59. The molecule has 0 radical (unpaired) electrons. The Morgan fingerprint density at radius 1 is 1.29 bits per heavy atom. The summed E-state index contributed by atoms with van der Waals surface area (Å²) in [6.07, 6.45) is 1.53. The fraction of sp³-hybridized carbons (Fsp3) is 0.533. The van der Waals surface area contributed by atoms with Crippen LogP contribution >= 0.6 is 0 Å². The summed E-state index contributed by atoms with van der Waals surface area (Å²) in [5, 5.41) is 18.2. The van der Waals surface area contributed by atoms with Gasteiger partial charge in [-0.05, 0) is 44.6 Å². The molecule has 6 heteroatoms. The molecule has 1 unspecified atom stereocenters. The van der Waals surface area contributed by atoms with Crippen molar-refractivity contribution >= 4 is 18.7 Å². The van der Waals surface area contributed by atoms with E-state index in [0.29, 0.717) is 12.0 Å². The lowest BCUT2D eigenvalue weighted by Crippen LogP contribution is -2.36. The zero-order valence-corrected chi connectivity index (χ0v) is 12.7. The summed E-state index contributed by atoms with van der Waals surface area (Å²) in [4.78, 5) is 14.0. The molecule has 2 N–H and O–H groups in total. The van der Waals surface area contributed by atoms with E-state index in [1.165, 1.54) is 0 Å². The van der Waals surface area contributed by atoms with Crippen LogP contribution < -0.4 is 5.46 Å². The number of hydrogen-bond acceptors (Lipinski definition) is 4. The van der Waals surface area contributed by atoms with Crippen LogP contribution in [0.5, 0.6) is 0 Å². The van der Waals surface area contributed by atoms with Gasteiger partial charge in [-0.3, -0.25) is 0 Å². The number of rotatable bonds is 2. The van der Waals surface area contributed by atoms with Gasteiger partial charge >= 0.3 is 13.2 Å². The number of nitrogens with zero attached hydrogens (tertiary/aromatic N) is 1. The molecule has 114 valence electrons. The Morgan fingerprint density at radius 3 is 2.43 bits per heavy atom. The molecule has 1 saturated heterocycles. The second-order valence-corrected chi connectivity index (χ2v) is 6.37. The summed E-state index contributed by atoms with van der Waals surface area (Å²) in [6.45, 7) is 6.25. The first kappa shape index (κ1) is 15.9. The molecule has 21 heavy (non-hydrogen) atoms. The minimum atomic E-state index is -1.47. The zero-order chi connectivity index (χ0) is 15.6. The second kappa shape index (κ2) is 6.07. The van der Waals surface area contributed by atoms with E-state index in [4.69, 9.17) is 14.8 Å². The van der Waals surface area contributed by atoms with Gasteiger partial charge in [0.1, 0.15) is 5.60 Å². The fourth-order valence-corrected chi connectivity index (χ4v) is 2.54. The van der Waals surface area contributed by atoms with Crippen LogP contribution in [-0.4, -0.2) is 40.3 Å². The second-order valence-electron chi connectivity index (χ2n) is 6.37. The minimum Gasteiger partial charge on any atom is -0.444 e. The topological polar surface area (TPSA) is 70.0 Å². The molecule has 1 heterocycles. The Labute approximate surface area is 125 Å². The first-order chi connectivity index (χ1) is 9.78. The van der Waals surface area contributed by atoms with Crippen LogP contribution in [0.4, 0.5) is 4.79 Å². The van der Waals surface area contributed by atoms with Crippen LogP contribution in [0.2, 0.25) is 0 Å². The third kappa shape index (κ3) is 3.98. The Hall–Kier alpha value is -1.53. The van der Waals surface area contributed by atoms with E-state index in [-0.39, 0.29) is 12.1 Å². The molecule has 0 aliphatic carbocycles. The average molecular weight is 291 g/mol. The van der Waals surface area contributed by atoms with Crippen molar-refractivity contribution in [1.29, 1.82) is 0 Å². The van der Waals surface area contributed by atoms with Gasteiger partial charge in [0.05, 0.1) is 6.04 Å². The highest BCUT2D eigenvalue weighted by Crippen LogP contribution is 2.32. The van der Waals surface area contributed by atoms with Crippen molar-refractivity contribution < 1.29 is 19.6 Å². The van der Waals surface area contributed by atoms with Crippen LogP contribution in [0.3, 0.4) is 0 Å². The van der Waals surface area contributed by atoms with Crippen molar-refractivity contribution in [2.24, 2.45) is 0 Å². The first-order valence-electron chi connectivity index (χ1n) is 7.23. The number of ether oxygens (including phenoxy) is 1. The number of benzene rings is 1. The highest BCUT2D eigenvalue weighted by molar-refractivity contribution is 6.58. The van der Waals surface area contributed by atoms with E-state index in [2.05, 4.69) is 0 Å². The van der Waals surface area contributed by atoms with Gasteiger partial charge in [0.25, 0.3) is 0 Å². The predicted molar refractivity (Wildman–Crippen MR) is 81.2 cm³/mol. The predicted octanol–water partition coefficient (Wildman–Crippen LogP) is 1.44. The largest absolute Gasteiger partial charge is 0.488 e. The van der Waals surface area contributed by atoms with Gasteiger partial charge in [-0.15, -0.1) is 0 Å². The molecule has 5 nitrogen and oxygen atoms in total. The molecule has 1 fully saturated rings. The molecule has 1 aliphatic heterocycles. The molecule has 0 aromatic heterocycles. The lowest BCUT2D eigenvalue weighted by molar-refractivity contribution is 0.0224. The maximum absolute atomic E-state index is 12.2. The van der Waals surface area contributed by atoms with Gasteiger partial charge < -0.3 is 19.7 Å². The fourth-order valence-electron chi connectivity index (χ4n) is 2.54. The third-order valence-electron chi connectivity index (χ3n) is 3.50. The van der Waals surface area contributed by atoms with Gasteiger partial charge in [-0.1, -0.05) is 24.3 Å². The van der Waals surface area contributed by atoms with E-state index in [1.807, 2.05) is 32.9 Å². The highest BCUT2D eigenvalue weighted by Gasteiger charge is 2.33. The molecule has 0 saturated carbocycles. The summed E-state index contributed by atoms with van der Waals surface area (Å²) in [5.74, 6) is 0. The van der Waals surface area contributed by atoms with E-state index < -0.39 is 12.7 Å². The van der Waals surface area contributed by atoms with Gasteiger partial charge in [0.15, 0.2) is 0 Å². The molecule has 1 amide bonds. The van der Waals surface area contributed by atoms with Crippen molar-refractivity contribution in [3.63, 3.8) is 0 Å². The Bertz CT molecular complexity index is 495. The molecule has 2 rings (SSSR count). The summed E-state index contributed by atoms with van der Waals surface area (Å²) < 4.78 is 5.44. The molecule has 1 aliphatic rings. The van der Waals surface area contributed by atoms with E-state index >= 15 is 0 Å². The molecule has 0 spiro atoms. The maximum Gasteiger partial charge on any atom is 0.488 e. The van der Waals surface area contributed by atoms with Crippen molar-refractivity contribution in [1.82, 2.24) is 4.90 Å². The van der Waals surface area contributed by atoms with Crippen molar-refractivity contribution in [2.75, 3.05) is 6.54 Å². The Balaban J connectivity index is 2.13. The maximum atomic E-state index is 12.2. The summed E-state index contributed by atoms with van der Waals surface area (Å²) in [5.41, 5.74) is 0.929. The number of carbonyl (C=O) groups is 1. The average Bonchev–Trinajstić information content (AvgIpc) is 2.86. The molecule has 1 aromatic rings. The van der Waals surface area contributed by atoms with E-state index in [1.54, 1.807) is 17.0 Å². The quantitative estimate of drug-likeness (QED) is 0.809. The van der Waals surface area contributed by atoms with Crippen LogP contribution in [0.25, 0.3) is 0 Å². The van der Waals surface area contributed by atoms with Crippen molar-refractivity contribution in [3.8, 4) is 0 Å². The van der Waals surface area contributed by atoms with Crippen molar-refractivity contribution in [2.45, 2.75) is 45.3 Å². The monoisotopic (exact) mass is 291 g/mol. The standard InChI is InChI=1S/C15H22BNO4/c1-15(2,3)21-14(18)17-10-4-5-13(17)11-6-8-12(9-7-11)16(19)20/h6-9,13,19-20H,4-5,10H2,1-3H3. The van der Waals surface area contributed by atoms with Crippen LogP contribution in [0.1, 0.15) is 45.2 Å². The first-order valence-corrected chi connectivity index (χ1v) is 7.23. The van der Waals surface area contributed by atoms with Gasteiger partial charge in [0, 0.05) is 6.54 Å². The van der Waals surface area contributed by atoms with Gasteiger partial charge in [-0.25, -0.2) is 4.79 Å². The molecule has 1 atom stereocenters. The minimum absolute atomic E-state index is 0.00950. The molecular weight excluding hydrogens is 269 g/mol. The summed E-state index contributed by atoms with van der Waals surface area (Å²) in [7, 11) is -1.47. The molecule has 0 bridgehead atoms. The Morgan fingerprint density at radius 2 is 1.90 bits per heavy atom. The van der Waals surface area contributed by atoms with E-state index in [9.17, 15) is 4.79 Å². The molecular formula is C15H22BNO4. The lowest BCUT2D eigenvalue weighted by atomic mass is 9.80. The van der Waals surface area contributed by atoms with Crippen LogP contribution in [-0.2, 0) is 4.74 Å². The van der Waals surface area contributed by atoms with Gasteiger partial charge in [0.2, 0.25) is 0 Å².